The van der Waals surface area contributed by atoms with Crippen molar-refractivity contribution in [3.63, 3.8) is 0 Å². The molecule has 1 aromatic rings. The third-order valence-electron chi connectivity index (χ3n) is 7.46. The van der Waals surface area contributed by atoms with Gasteiger partial charge in [0.05, 0.1) is 12.1 Å². The van der Waals surface area contributed by atoms with Gasteiger partial charge in [0.15, 0.2) is 11.5 Å². The summed E-state index contributed by atoms with van der Waals surface area (Å²) in [5.41, 5.74) is 0.509. The Morgan fingerprint density at radius 3 is 2.72 bits per heavy atom. The summed E-state index contributed by atoms with van der Waals surface area (Å²) < 4.78 is 11.1. The highest BCUT2D eigenvalue weighted by Crippen LogP contribution is 2.50. The zero-order chi connectivity index (χ0) is 19.8. The first kappa shape index (κ1) is 19.2. The number of carbonyl (C=O) groups is 1. The van der Waals surface area contributed by atoms with Gasteiger partial charge in [-0.15, -0.1) is 0 Å². The van der Waals surface area contributed by atoms with Gasteiger partial charge in [0.25, 0.3) is 0 Å². The van der Waals surface area contributed by atoms with Crippen LogP contribution in [0.4, 0.5) is 0 Å². The Balaban J connectivity index is 1.43. The molecular formula is C23H32N2O4. The van der Waals surface area contributed by atoms with E-state index in [1.807, 2.05) is 11.0 Å². The largest absolute Gasteiger partial charge is 0.454 e. The fourth-order valence-corrected chi connectivity index (χ4v) is 5.88. The minimum absolute atomic E-state index is 0.0392. The molecule has 4 aliphatic rings. The van der Waals surface area contributed by atoms with E-state index < -0.39 is 5.60 Å². The van der Waals surface area contributed by atoms with Gasteiger partial charge in [0.2, 0.25) is 12.7 Å². The van der Waals surface area contributed by atoms with Crippen LogP contribution < -0.4 is 9.47 Å². The zero-order valence-electron chi connectivity index (χ0n) is 17.1. The second kappa shape index (κ2) is 7.80. The zero-order valence-corrected chi connectivity index (χ0v) is 17.1. The lowest BCUT2D eigenvalue weighted by molar-refractivity contribution is -0.145. The van der Waals surface area contributed by atoms with Crippen LogP contribution in [0.1, 0.15) is 63.0 Å². The molecule has 0 radical (unpaired) electrons. The SMILES string of the molecule is O=C(CN1CC[C@@]2(O)CCCC[C@H]2[C@@H]1c1ccc2c(c1)OCO2)N1CCCCC1. The van der Waals surface area contributed by atoms with E-state index in [1.165, 1.54) is 6.42 Å². The molecule has 0 bridgehead atoms. The third kappa shape index (κ3) is 3.61. The standard InChI is InChI=1S/C23H32N2O4/c26-21(24-11-4-1-5-12-24)15-25-13-10-23(27)9-3-2-6-18(23)22(25)17-7-8-19-20(14-17)29-16-28-19/h7-8,14,18,22,27H,1-6,9-13,15-16H2/t18-,22-,23-/m0/s1. The van der Waals surface area contributed by atoms with Crippen molar-refractivity contribution in [3.05, 3.63) is 23.8 Å². The molecule has 3 atom stereocenters. The number of fused-ring (bicyclic) bond motifs is 2. The van der Waals surface area contributed by atoms with E-state index in [0.29, 0.717) is 6.54 Å². The lowest BCUT2D eigenvalue weighted by Gasteiger charge is -2.52. The van der Waals surface area contributed by atoms with Crippen molar-refractivity contribution >= 4 is 5.91 Å². The molecule has 1 aromatic carbocycles. The summed E-state index contributed by atoms with van der Waals surface area (Å²) in [7, 11) is 0. The molecule has 1 N–H and O–H groups in total. The molecule has 1 saturated carbocycles. The van der Waals surface area contributed by atoms with Gasteiger partial charge in [0.1, 0.15) is 0 Å². The van der Waals surface area contributed by atoms with E-state index in [0.717, 1.165) is 81.6 Å². The number of rotatable bonds is 3. The van der Waals surface area contributed by atoms with Crippen LogP contribution in [0.15, 0.2) is 18.2 Å². The molecule has 29 heavy (non-hydrogen) atoms. The van der Waals surface area contributed by atoms with Gasteiger partial charge < -0.3 is 19.5 Å². The van der Waals surface area contributed by atoms with E-state index >= 15 is 0 Å². The molecule has 6 nitrogen and oxygen atoms in total. The van der Waals surface area contributed by atoms with Crippen molar-refractivity contribution in [2.45, 2.75) is 63.0 Å². The molecule has 0 unspecified atom stereocenters. The molecule has 6 heteroatoms. The molecule has 158 valence electrons. The minimum atomic E-state index is -0.621. The van der Waals surface area contributed by atoms with Gasteiger partial charge in [-0.3, -0.25) is 9.69 Å². The van der Waals surface area contributed by atoms with Crippen LogP contribution in [-0.2, 0) is 4.79 Å². The molecule has 0 spiro atoms. The molecule has 5 rings (SSSR count). The first-order valence-corrected chi connectivity index (χ1v) is 11.3. The first-order chi connectivity index (χ1) is 14.1. The Morgan fingerprint density at radius 2 is 1.86 bits per heavy atom. The predicted octanol–water partition coefficient (Wildman–Crippen LogP) is 3.10. The first-order valence-electron chi connectivity index (χ1n) is 11.3. The summed E-state index contributed by atoms with van der Waals surface area (Å²) in [5, 5.41) is 11.4. The van der Waals surface area contributed by atoms with Crippen molar-refractivity contribution in [3.8, 4) is 11.5 Å². The number of benzene rings is 1. The van der Waals surface area contributed by atoms with Crippen LogP contribution in [0.5, 0.6) is 11.5 Å². The van der Waals surface area contributed by atoms with Crippen molar-refractivity contribution in [2.75, 3.05) is 33.0 Å². The summed E-state index contributed by atoms with van der Waals surface area (Å²) in [4.78, 5) is 17.4. The van der Waals surface area contributed by atoms with Gasteiger partial charge in [-0.1, -0.05) is 18.9 Å². The van der Waals surface area contributed by atoms with E-state index in [4.69, 9.17) is 9.47 Å². The number of aliphatic hydroxyl groups is 1. The molecule has 0 aromatic heterocycles. The van der Waals surface area contributed by atoms with Crippen molar-refractivity contribution < 1.29 is 19.4 Å². The van der Waals surface area contributed by atoms with Gasteiger partial charge >= 0.3 is 0 Å². The maximum atomic E-state index is 13.0. The van der Waals surface area contributed by atoms with Crippen LogP contribution in [0.3, 0.4) is 0 Å². The lowest BCUT2D eigenvalue weighted by Crippen LogP contribution is -2.56. The van der Waals surface area contributed by atoms with Crippen LogP contribution in [0, 0.1) is 5.92 Å². The van der Waals surface area contributed by atoms with Gasteiger partial charge in [-0.25, -0.2) is 0 Å². The molecular weight excluding hydrogens is 368 g/mol. The Bertz CT molecular complexity index is 763. The normalized spacial score (nSPS) is 32.1. The monoisotopic (exact) mass is 400 g/mol. The van der Waals surface area contributed by atoms with Gasteiger partial charge in [0, 0.05) is 31.6 Å². The Labute approximate surface area is 172 Å². The number of piperidine rings is 2. The molecule has 1 aliphatic carbocycles. The summed E-state index contributed by atoms with van der Waals surface area (Å²) in [5.74, 6) is 1.94. The quantitative estimate of drug-likeness (QED) is 0.845. The maximum Gasteiger partial charge on any atom is 0.236 e. The maximum absolute atomic E-state index is 13.0. The van der Waals surface area contributed by atoms with E-state index in [-0.39, 0.29) is 24.7 Å². The average Bonchev–Trinajstić information content (AvgIpc) is 3.22. The van der Waals surface area contributed by atoms with Crippen LogP contribution >= 0.6 is 0 Å². The highest BCUT2D eigenvalue weighted by atomic mass is 16.7. The van der Waals surface area contributed by atoms with Gasteiger partial charge in [-0.2, -0.15) is 0 Å². The highest BCUT2D eigenvalue weighted by molar-refractivity contribution is 5.78. The number of carbonyl (C=O) groups excluding carboxylic acids is 1. The van der Waals surface area contributed by atoms with Gasteiger partial charge in [-0.05, 0) is 56.2 Å². The number of amides is 1. The van der Waals surface area contributed by atoms with Crippen LogP contribution in [0.2, 0.25) is 0 Å². The summed E-state index contributed by atoms with van der Waals surface area (Å²) in [6.45, 7) is 3.22. The van der Waals surface area contributed by atoms with Crippen LogP contribution in [0.25, 0.3) is 0 Å². The third-order valence-corrected chi connectivity index (χ3v) is 7.46. The molecule has 3 heterocycles. The fourth-order valence-electron chi connectivity index (χ4n) is 5.88. The lowest BCUT2D eigenvalue weighted by atomic mass is 9.66. The Hall–Kier alpha value is -1.79. The summed E-state index contributed by atoms with van der Waals surface area (Å²) in [6, 6.07) is 6.17. The van der Waals surface area contributed by atoms with Crippen molar-refractivity contribution in [1.82, 2.24) is 9.80 Å². The second-order valence-electron chi connectivity index (χ2n) is 9.18. The van der Waals surface area contributed by atoms with E-state index in [9.17, 15) is 9.90 Å². The Kier molecular flexibility index (Phi) is 5.16. The Morgan fingerprint density at radius 1 is 1.03 bits per heavy atom. The number of nitrogens with zero attached hydrogens (tertiary/aromatic N) is 2. The molecule has 3 aliphatic heterocycles. The number of hydrogen-bond donors (Lipinski definition) is 1. The minimum Gasteiger partial charge on any atom is -0.454 e. The summed E-state index contributed by atoms with van der Waals surface area (Å²) in [6.07, 6.45) is 8.31. The van der Waals surface area contributed by atoms with E-state index in [2.05, 4.69) is 17.0 Å². The predicted molar refractivity (Wildman–Crippen MR) is 109 cm³/mol. The number of likely N-dealkylation sites (tertiary alicyclic amines) is 2. The number of ether oxygens (including phenoxy) is 2. The average molecular weight is 401 g/mol. The molecule has 3 fully saturated rings. The summed E-state index contributed by atoms with van der Waals surface area (Å²) >= 11 is 0. The van der Waals surface area contributed by atoms with Crippen molar-refractivity contribution in [2.24, 2.45) is 5.92 Å². The smallest absolute Gasteiger partial charge is 0.236 e. The van der Waals surface area contributed by atoms with Crippen LogP contribution in [-0.4, -0.2) is 59.4 Å². The molecule has 2 saturated heterocycles. The fraction of sp³-hybridized carbons (Fsp3) is 0.696. The highest BCUT2D eigenvalue weighted by Gasteiger charge is 2.49. The topological polar surface area (TPSA) is 62.2 Å². The molecule has 1 amide bonds. The number of hydrogen-bond acceptors (Lipinski definition) is 5. The van der Waals surface area contributed by atoms with Crippen molar-refractivity contribution in [1.29, 1.82) is 0 Å². The second-order valence-corrected chi connectivity index (χ2v) is 9.18. The van der Waals surface area contributed by atoms with E-state index in [1.54, 1.807) is 0 Å².